The van der Waals surface area contributed by atoms with Crippen molar-refractivity contribution < 1.29 is 14.7 Å². The van der Waals surface area contributed by atoms with Crippen LogP contribution in [-0.4, -0.2) is 52.5 Å². The van der Waals surface area contributed by atoms with E-state index in [0.29, 0.717) is 24.7 Å². The third-order valence-corrected chi connectivity index (χ3v) is 4.96. The molecule has 1 heterocycles. The summed E-state index contributed by atoms with van der Waals surface area (Å²) in [6.45, 7) is 2.88. The molecule has 2 aliphatic rings. The highest BCUT2D eigenvalue weighted by molar-refractivity contribution is 5.87. The van der Waals surface area contributed by atoms with E-state index in [1.54, 1.807) is 12.1 Å². The summed E-state index contributed by atoms with van der Waals surface area (Å²) < 4.78 is 0. The first-order valence-corrected chi connectivity index (χ1v) is 8.47. The number of carboxylic acids is 1. The predicted molar refractivity (Wildman–Crippen MR) is 87.3 cm³/mol. The highest BCUT2D eigenvalue weighted by Gasteiger charge is 2.30. The lowest BCUT2D eigenvalue weighted by molar-refractivity contribution is -0.139. The average molecular weight is 316 g/mol. The summed E-state index contributed by atoms with van der Waals surface area (Å²) in [5.74, 6) is -0.668. The minimum atomic E-state index is -0.909. The van der Waals surface area contributed by atoms with Crippen molar-refractivity contribution in [3.63, 3.8) is 0 Å². The number of carboxylic acid groups (broad SMARTS) is 1. The van der Waals surface area contributed by atoms with E-state index >= 15 is 0 Å². The van der Waals surface area contributed by atoms with E-state index in [0.717, 1.165) is 31.5 Å². The van der Waals surface area contributed by atoms with Crippen molar-refractivity contribution in [1.29, 1.82) is 0 Å². The molecule has 5 nitrogen and oxygen atoms in total. The molecular formula is C18H24N2O3. The van der Waals surface area contributed by atoms with Gasteiger partial charge < -0.3 is 10.0 Å². The fraction of sp³-hybridized carbons (Fsp3) is 0.556. The Balaban J connectivity index is 1.55. The molecule has 1 aromatic rings. The maximum absolute atomic E-state index is 12.4. The molecule has 0 bridgehead atoms. The van der Waals surface area contributed by atoms with Crippen LogP contribution in [0.5, 0.6) is 0 Å². The second kappa shape index (κ2) is 7.13. The van der Waals surface area contributed by atoms with Crippen molar-refractivity contribution >= 4 is 11.9 Å². The lowest BCUT2D eigenvalue weighted by Gasteiger charge is -2.40. The topological polar surface area (TPSA) is 60.9 Å². The number of hydrogen-bond donors (Lipinski definition) is 1. The molecule has 124 valence electrons. The van der Waals surface area contributed by atoms with Crippen molar-refractivity contribution in [1.82, 2.24) is 9.80 Å². The van der Waals surface area contributed by atoms with Gasteiger partial charge in [-0.05, 0) is 30.5 Å². The van der Waals surface area contributed by atoms with Gasteiger partial charge in [0.1, 0.15) is 0 Å². The van der Waals surface area contributed by atoms with Crippen LogP contribution in [0.25, 0.3) is 0 Å². The first-order chi connectivity index (χ1) is 11.1. The molecule has 2 fully saturated rings. The maximum Gasteiger partial charge on any atom is 0.335 e. The molecule has 23 heavy (non-hydrogen) atoms. The Kier molecular flexibility index (Phi) is 4.96. The van der Waals surface area contributed by atoms with Crippen molar-refractivity contribution in [3.05, 3.63) is 35.4 Å². The lowest BCUT2D eigenvalue weighted by Crippen LogP contribution is -2.54. The summed E-state index contributed by atoms with van der Waals surface area (Å²) in [5, 5.41) is 8.92. The van der Waals surface area contributed by atoms with Crippen molar-refractivity contribution in [2.24, 2.45) is 0 Å². The van der Waals surface area contributed by atoms with Gasteiger partial charge in [0.2, 0.25) is 5.91 Å². The van der Waals surface area contributed by atoms with E-state index in [9.17, 15) is 9.59 Å². The number of carbonyl (C=O) groups excluding carboxylic acids is 1. The molecule has 1 saturated heterocycles. The van der Waals surface area contributed by atoms with E-state index in [1.807, 2.05) is 12.1 Å². The van der Waals surface area contributed by atoms with Gasteiger partial charge in [-0.15, -0.1) is 0 Å². The molecule has 0 atom stereocenters. The van der Waals surface area contributed by atoms with Gasteiger partial charge >= 0.3 is 5.97 Å². The van der Waals surface area contributed by atoms with Crippen LogP contribution in [0.3, 0.4) is 0 Å². The Hall–Kier alpha value is -1.88. The molecule has 1 saturated carbocycles. The van der Waals surface area contributed by atoms with E-state index in [1.165, 1.54) is 19.3 Å². The number of amides is 1. The van der Waals surface area contributed by atoms with E-state index in [-0.39, 0.29) is 5.91 Å². The van der Waals surface area contributed by atoms with Crippen LogP contribution < -0.4 is 0 Å². The van der Waals surface area contributed by atoms with Gasteiger partial charge in [0.25, 0.3) is 0 Å². The van der Waals surface area contributed by atoms with Gasteiger partial charge in [-0.25, -0.2) is 4.79 Å². The Morgan fingerprint density at radius 2 is 1.78 bits per heavy atom. The summed E-state index contributed by atoms with van der Waals surface area (Å²) in [5.41, 5.74) is 1.35. The van der Waals surface area contributed by atoms with Gasteiger partial charge in [0.15, 0.2) is 0 Å². The molecule has 1 amide bonds. The fourth-order valence-electron chi connectivity index (χ4n) is 3.66. The van der Waals surface area contributed by atoms with Crippen LogP contribution in [0.4, 0.5) is 0 Å². The van der Waals surface area contributed by atoms with Crippen LogP contribution >= 0.6 is 0 Å². The predicted octanol–water partition coefficient (Wildman–Crippen LogP) is 2.36. The summed E-state index contributed by atoms with van der Waals surface area (Å²) in [7, 11) is 0. The zero-order valence-corrected chi connectivity index (χ0v) is 13.4. The smallest absolute Gasteiger partial charge is 0.335 e. The second-order valence-electron chi connectivity index (χ2n) is 6.59. The SMILES string of the molecule is O=C(O)c1ccc(CN2CCN(C3CCCCC3)C(=O)C2)cc1. The summed E-state index contributed by atoms with van der Waals surface area (Å²) >= 11 is 0. The van der Waals surface area contributed by atoms with Gasteiger partial charge in [-0.2, -0.15) is 0 Å². The number of aromatic carboxylic acids is 1. The minimum absolute atomic E-state index is 0.241. The lowest BCUT2D eigenvalue weighted by atomic mass is 9.93. The molecular weight excluding hydrogens is 292 g/mol. The van der Waals surface area contributed by atoms with Gasteiger partial charge in [0, 0.05) is 25.7 Å². The van der Waals surface area contributed by atoms with Crippen molar-refractivity contribution in [3.8, 4) is 0 Å². The number of piperazine rings is 1. The quantitative estimate of drug-likeness (QED) is 0.926. The van der Waals surface area contributed by atoms with Gasteiger partial charge in [-0.1, -0.05) is 31.4 Å². The number of hydrogen-bond acceptors (Lipinski definition) is 3. The molecule has 5 heteroatoms. The standard InChI is InChI=1S/C18H24N2O3/c21-17-13-19(10-11-20(17)16-4-2-1-3-5-16)12-14-6-8-15(9-7-14)18(22)23/h6-9,16H,1-5,10-13H2,(H,22,23). The summed E-state index contributed by atoms with van der Waals surface area (Å²) in [4.78, 5) is 27.6. The number of nitrogens with zero attached hydrogens (tertiary/aromatic N) is 2. The normalized spacial score (nSPS) is 20.7. The third kappa shape index (κ3) is 3.91. The zero-order chi connectivity index (χ0) is 16.2. The Bertz CT molecular complexity index is 564. The molecule has 0 aromatic heterocycles. The highest BCUT2D eigenvalue weighted by Crippen LogP contribution is 2.24. The van der Waals surface area contributed by atoms with Crippen LogP contribution in [0.15, 0.2) is 24.3 Å². The Labute approximate surface area is 136 Å². The van der Waals surface area contributed by atoms with E-state index in [4.69, 9.17) is 5.11 Å². The molecule has 0 radical (unpaired) electrons. The van der Waals surface area contributed by atoms with Crippen LogP contribution in [-0.2, 0) is 11.3 Å². The maximum atomic E-state index is 12.4. The van der Waals surface area contributed by atoms with Gasteiger partial charge in [0.05, 0.1) is 12.1 Å². The molecule has 1 N–H and O–H groups in total. The highest BCUT2D eigenvalue weighted by atomic mass is 16.4. The van der Waals surface area contributed by atoms with E-state index in [2.05, 4.69) is 9.80 Å². The third-order valence-electron chi connectivity index (χ3n) is 4.96. The van der Waals surface area contributed by atoms with Gasteiger partial charge in [-0.3, -0.25) is 9.69 Å². The minimum Gasteiger partial charge on any atom is -0.478 e. The van der Waals surface area contributed by atoms with E-state index < -0.39 is 5.97 Å². The monoisotopic (exact) mass is 316 g/mol. The van der Waals surface area contributed by atoms with Crippen LogP contribution in [0.2, 0.25) is 0 Å². The first kappa shape index (κ1) is 16.0. The summed E-state index contributed by atoms with van der Waals surface area (Å²) in [6, 6.07) is 7.37. The first-order valence-electron chi connectivity index (χ1n) is 8.47. The summed E-state index contributed by atoms with van der Waals surface area (Å²) in [6.07, 6.45) is 6.10. The van der Waals surface area contributed by atoms with Crippen LogP contribution in [0.1, 0.15) is 48.0 Å². The Morgan fingerprint density at radius 1 is 1.09 bits per heavy atom. The average Bonchev–Trinajstić information content (AvgIpc) is 2.56. The number of benzene rings is 1. The largest absolute Gasteiger partial charge is 0.478 e. The Morgan fingerprint density at radius 3 is 2.39 bits per heavy atom. The number of rotatable bonds is 4. The second-order valence-corrected chi connectivity index (χ2v) is 6.59. The number of carbonyl (C=O) groups is 2. The molecule has 1 aliphatic heterocycles. The molecule has 1 aliphatic carbocycles. The molecule has 0 unspecified atom stereocenters. The van der Waals surface area contributed by atoms with Crippen LogP contribution in [0, 0.1) is 0 Å². The zero-order valence-electron chi connectivity index (χ0n) is 13.4. The molecule has 0 spiro atoms. The van der Waals surface area contributed by atoms with Crippen molar-refractivity contribution in [2.45, 2.75) is 44.7 Å². The molecule has 3 rings (SSSR count). The fourth-order valence-corrected chi connectivity index (χ4v) is 3.66. The van der Waals surface area contributed by atoms with Crippen molar-refractivity contribution in [2.75, 3.05) is 19.6 Å². The molecule has 1 aromatic carbocycles.